The van der Waals surface area contributed by atoms with Gasteiger partial charge in [0.25, 0.3) is 0 Å². The van der Waals surface area contributed by atoms with Crippen molar-refractivity contribution < 1.29 is 9.47 Å². The van der Waals surface area contributed by atoms with E-state index in [0.29, 0.717) is 12.0 Å². The molecule has 0 bridgehead atoms. The molecule has 0 spiro atoms. The average molecular weight is 370 g/mol. The fourth-order valence-corrected chi connectivity index (χ4v) is 4.10. The van der Waals surface area contributed by atoms with Gasteiger partial charge in [-0.25, -0.2) is 0 Å². The molecule has 2 aromatic heterocycles. The molecule has 2 aliphatic rings. The Labute approximate surface area is 161 Å². The van der Waals surface area contributed by atoms with Crippen molar-refractivity contribution in [1.29, 1.82) is 0 Å². The van der Waals surface area contributed by atoms with Crippen LogP contribution in [0.2, 0.25) is 0 Å². The summed E-state index contributed by atoms with van der Waals surface area (Å²) < 4.78 is 13.6. The molecule has 146 valence electrons. The molecule has 2 aliphatic heterocycles. The zero-order valence-electron chi connectivity index (χ0n) is 16.2. The van der Waals surface area contributed by atoms with Crippen LogP contribution in [0, 0.1) is 12.8 Å². The van der Waals surface area contributed by atoms with Crippen LogP contribution in [0.5, 0.6) is 0 Å². The van der Waals surface area contributed by atoms with Gasteiger partial charge in [0.05, 0.1) is 17.4 Å². The fourth-order valence-electron chi connectivity index (χ4n) is 4.10. The highest BCUT2D eigenvalue weighted by atomic mass is 16.5. The minimum absolute atomic E-state index is 0.364. The molecule has 0 radical (unpaired) electrons. The summed E-state index contributed by atoms with van der Waals surface area (Å²) >= 11 is 0. The normalized spacial score (nSPS) is 21.3. The van der Waals surface area contributed by atoms with Crippen molar-refractivity contribution in [3.05, 3.63) is 47.5 Å². The lowest BCUT2D eigenvalue weighted by molar-refractivity contribution is 0.0154. The maximum atomic E-state index is 6.01. The third-order valence-corrected chi connectivity index (χ3v) is 5.57. The topological polar surface area (TPSA) is 52.4 Å². The second-order valence-electron chi connectivity index (χ2n) is 7.78. The second-order valence-corrected chi connectivity index (χ2v) is 7.78. The summed E-state index contributed by atoms with van der Waals surface area (Å²) in [5, 5.41) is 4.56. The molecule has 0 aliphatic carbocycles. The second kappa shape index (κ2) is 8.95. The monoisotopic (exact) mass is 370 g/mol. The van der Waals surface area contributed by atoms with Crippen molar-refractivity contribution in [2.75, 3.05) is 33.0 Å². The van der Waals surface area contributed by atoms with Crippen molar-refractivity contribution in [1.82, 2.24) is 19.7 Å². The third-order valence-electron chi connectivity index (χ3n) is 5.57. The molecule has 0 N–H and O–H groups in total. The molecular weight excluding hydrogens is 340 g/mol. The summed E-state index contributed by atoms with van der Waals surface area (Å²) in [6.07, 6.45) is 5.17. The molecule has 6 nitrogen and oxygen atoms in total. The first-order chi connectivity index (χ1) is 13.3. The predicted octanol–water partition coefficient (Wildman–Crippen LogP) is 2.98. The highest BCUT2D eigenvalue weighted by Crippen LogP contribution is 2.24. The molecule has 27 heavy (non-hydrogen) atoms. The molecule has 4 rings (SSSR count). The fraction of sp³-hybridized carbons (Fsp3) is 0.619. The predicted molar refractivity (Wildman–Crippen MR) is 103 cm³/mol. The molecule has 1 unspecified atom stereocenters. The molecule has 2 aromatic rings. The first kappa shape index (κ1) is 18.6. The number of hydrogen-bond donors (Lipinski definition) is 0. The molecule has 0 aromatic carbocycles. The van der Waals surface area contributed by atoms with Gasteiger partial charge in [-0.05, 0) is 50.3 Å². The highest BCUT2D eigenvalue weighted by Gasteiger charge is 2.25. The van der Waals surface area contributed by atoms with Gasteiger partial charge in [-0.3, -0.25) is 14.6 Å². The van der Waals surface area contributed by atoms with Gasteiger partial charge in [-0.1, -0.05) is 6.07 Å². The van der Waals surface area contributed by atoms with Crippen molar-refractivity contribution in [3.8, 4) is 0 Å². The Morgan fingerprint density at radius 3 is 2.96 bits per heavy atom. The quantitative estimate of drug-likeness (QED) is 0.702. The third kappa shape index (κ3) is 4.94. The van der Waals surface area contributed by atoms with Crippen LogP contribution in [0.15, 0.2) is 30.5 Å². The Morgan fingerprint density at radius 1 is 1.22 bits per heavy atom. The van der Waals surface area contributed by atoms with Gasteiger partial charge in [0.2, 0.25) is 0 Å². The Bertz CT molecular complexity index is 726. The summed E-state index contributed by atoms with van der Waals surface area (Å²) in [7, 11) is 0. The van der Waals surface area contributed by atoms with Crippen molar-refractivity contribution in [2.24, 2.45) is 5.92 Å². The number of ether oxygens (including phenoxy) is 2. The van der Waals surface area contributed by atoms with Gasteiger partial charge >= 0.3 is 0 Å². The highest BCUT2D eigenvalue weighted by molar-refractivity contribution is 5.11. The number of aryl methyl sites for hydroxylation is 1. The molecule has 0 saturated carbocycles. The maximum absolute atomic E-state index is 6.01. The van der Waals surface area contributed by atoms with Gasteiger partial charge in [-0.15, -0.1) is 0 Å². The lowest BCUT2D eigenvalue weighted by atomic mass is 10.0. The molecular formula is C21H30N4O2. The summed E-state index contributed by atoms with van der Waals surface area (Å²) in [6.45, 7) is 8.26. The van der Waals surface area contributed by atoms with E-state index in [4.69, 9.17) is 9.47 Å². The maximum Gasteiger partial charge on any atom is 0.0672 e. The molecule has 1 saturated heterocycles. The first-order valence-corrected chi connectivity index (χ1v) is 10.1. The zero-order chi connectivity index (χ0) is 18.5. The van der Waals surface area contributed by atoms with E-state index < -0.39 is 0 Å². The van der Waals surface area contributed by atoms with E-state index in [2.05, 4.69) is 37.9 Å². The van der Waals surface area contributed by atoms with Gasteiger partial charge in [0.1, 0.15) is 0 Å². The first-order valence-electron chi connectivity index (χ1n) is 10.1. The van der Waals surface area contributed by atoms with Gasteiger partial charge in [-0.2, -0.15) is 5.10 Å². The van der Waals surface area contributed by atoms with Crippen LogP contribution in [0.4, 0.5) is 0 Å². The summed E-state index contributed by atoms with van der Waals surface area (Å²) in [5.41, 5.74) is 3.49. The smallest absolute Gasteiger partial charge is 0.0672 e. The SMILES string of the molecule is Cc1cccc(CN2Cc3ccnn3C(CCOCC3CCOCC3)C2)n1. The molecule has 1 atom stereocenters. The lowest BCUT2D eigenvalue weighted by Crippen LogP contribution is -2.38. The van der Waals surface area contributed by atoms with Crippen molar-refractivity contribution in [2.45, 2.75) is 45.3 Å². The number of hydrogen-bond acceptors (Lipinski definition) is 5. The Kier molecular flexibility index (Phi) is 6.17. The van der Waals surface area contributed by atoms with E-state index in [0.717, 1.165) is 76.7 Å². The average Bonchev–Trinajstić information content (AvgIpc) is 3.15. The van der Waals surface area contributed by atoms with Crippen LogP contribution in [0.1, 0.15) is 42.4 Å². The van der Waals surface area contributed by atoms with E-state index in [9.17, 15) is 0 Å². The molecule has 4 heterocycles. The van der Waals surface area contributed by atoms with Gasteiger partial charge in [0, 0.05) is 58.0 Å². The Balaban J connectivity index is 1.31. The van der Waals surface area contributed by atoms with Crippen LogP contribution >= 0.6 is 0 Å². The Hall–Kier alpha value is -1.76. The van der Waals surface area contributed by atoms with Crippen LogP contribution in [0.25, 0.3) is 0 Å². The van der Waals surface area contributed by atoms with E-state index in [-0.39, 0.29) is 0 Å². The van der Waals surface area contributed by atoms with E-state index in [1.54, 1.807) is 0 Å². The molecule has 0 amide bonds. The number of fused-ring (bicyclic) bond motifs is 1. The van der Waals surface area contributed by atoms with Gasteiger partial charge < -0.3 is 9.47 Å². The van der Waals surface area contributed by atoms with Gasteiger partial charge in [0.15, 0.2) is 0 Å². The van der Waals surface area contributed by atoms with E-state index >= 15 is 0 Å². The number of aromatic nitrogens is 3. The van der Waals surface area contributed by atoms with Crippen molar-refractivity contribution in [3.63, 3.8) is 0 Å². The van der Waals surface area contributed by atoms with Crippen LogP contribution in [-0.4, -0.2) is 52.6 Å². The Morgan fingerprint density at radius 2 is 2.11 bits per heavy atom. The van der Waals surface area contributed by atoms with Crippen LogP contribution in [-0.2, 0) is 22.6 Å². The van der Waals surface area contributed by atoms with Crippen LogP contribution < -0.4 is 0 Å². The minimum atomic E-state index is 0.364. The molecule has 1 fully saturated rings. The summed E-state index contributed by atoms with van der Waals surface area (Å²) in [6, 6.07) is 8.75. The zero-order valence-corrected chi connectivity index (χ0v) is 16.2. The number of rotatable bonds is 7. The standard InChI is InChI=1S/C21H30N4O2/c1-17-3-2-4-19(23-17)13-24-14-20-5-9-22-25(20)21(15-24)8-12-27-16-18-6-10-26-11-7-18/h2-5,9,18,21H,6-8,10-16H2,1H3. The minimum Gasteiger partial charge on any atom is -0.381 e. The van der Waals surface area contributed by atoms with E-state index in [1.807, 2.05) is 19.2 Å². The number of nitrogens with zero attached hydrogens (tertiary/aromatic N) is 4. The van der Waals surface area contributed by atoms with Crippen molar-refractivity contribution >= 4 is 0 Å². The summed E-state index contributed by atoms with van der Waals surface area (Å²) in [5.74, 6) is 0.661. The van der Waals surface area contributed by atoms with E-state index in [1.165, 1.54) is 5.69 Å². The lowest BCUT2D eigenvalue weighted by Gasteiger charge is -2.34. The largest absolute Gasteiger partial charge is 0.381 e. The number of pyridine rings is 1. The summed E-state index contributed by atoms with van der Waals surface area (Å²) in [4.78, 5) is 7.14. The molecule has 6 heteroatoms. The van der Waals surface area contributed by atoms with Crippen LogP contribution in [0.3, 0.4) is 0 Å².